The summed E-state index contributed by atoms with van der Waals surface area (Å²) >= 11 is 0. The lowest BCUT2D eigenvalue weighted by molar-refractivity contribution is 0.302. The van der Waals surface area contributed by atoms with Crippen molar-refractivity contribution in [2.45, 2.75) is 25.8 Å². The van der Waals surface area contributed by atoms with E-state index in [2.05, 4.69) is 0 Å². The fourth-order valence-electron chi connectivity index (χ4n) is 1.47. The van der Waals surface area contributed by atoms with Crippen molar-refractivity contribution in [3.05, 3.63) is 29.8 Å². The van der Waals surface area contributed by atoms with Crippen molar-refractivity contribution in [1.82, 2.24) is 0 Å². The average Bonchev–Trinajstić information content (AvgIpc) is 3.03. The molecule has 1 aliphatic rings. The van der Waals surface area contributed by atoms with Gasteiger partial charge in [-0.1, -0.05) is 25.0 Å². The van der Waals surface area contributed by atoms with Crippen LogP contribution in [0.4, 0.5) is 0 Å². The van der Waals surface area contributed by atoms with E-state index in [9.17, 15) is 0 Å². The Bertz CT molecular complexity index is 277. The van der Waals surface area contributed by atoms with Crippen LogP contribution in [0.2, 0.25) is 0 Å². The predicted octanol–water partition coefficient (Wildman–Crippen LogP) is 2.32. The first kappa shape index (κ1) is 9.53. The Morgan fingerprint density at radius 2 is 1.93 bits per heavy atom. The van der Waals surface area contributed by atoms with E-state index in [4.69, 9.17) is 10.5 Å². The third-order valence-electron chi connectivity index (χ3n) is 2.65. The van der Waals surface area contributed by atoms with Gasteiger partial charge in [0.2, 0.25) is 0 Å². The molecule has 14 heavy (non-hydrogen) atoms. The van der Waals surface area contributed by atoms with Crippen molar-refractivity contribution in [1.29, 1.82) is 0 Å². The molecule has 1 saturated carbocycles. The van der Waals surface area contributed by atoms with E-state index in [0.29, 0.717) is 6.54 Å². The van der Waals surface area contributed by atoms with Crippen molar-refractivity contribution in [2.75, 3.05) is 6.61 Å². The summed E-state index contributed by atoms with van der Waals surface area (Å²) in [5.74, 6) is 1.90. The van der Waals surface area contributed by atoms with E-state index in [1.54, 1.807) is 0 Å². The quantitative estimate of drug-likeness (QED) is 0.775. The Hall–Kier alpha value is -1.02. The predicted molar refractivity (Wildman–Crippen MR) is 57.2 cm³/mol. The van der Waals surface area contributed by atoms with Gasteiger partial charge in [0, 0.05) is 6.54 Å². The van der Waals surface area contributed by atoms with Crippen LogP contribution in [0.3, 0.4) is 0 Å². The number of nitrogens with two attached hydrogens (primary N) is 1. The highest BCUT2D eigenvalue weighted by Gasteiger charge is 2.20. The Balaban J connectivity index is 1.77. The van der Waals surface area contributed by atoms with Crippen molar-refractivity contribution in [3.63, 3.8) is 0 Å². The minimum absolute atomic E-state index is 0.600. The number of rotatable bonds is 5. The summed E-state index contributed by atoms with van der Waals surface area (Å²) in [5, 5.41) is 0. The van der Waals surface area contributed by atoms with Gasteiger partial charge in [0.25, 0.3) is 0 Å². The molecule has 0 bridgehead atoms. The SMILES string of the molecule is NCc1ccc(OCCC2CC2)cc1. The summed E-state index contributed by atoms with van der Waals surface area (Å²) in [6.45, 7) is 1.45. The highest BCUT2D eigenvalue weighted by molar-refractivity contribution is 5.26. The molecule has 0 aliphatic heterocycles. The molecule has 1 aromatic carbocycles. The molecule has 2 heteroatoms. The zero-order valence-corrected chi connectivity index (χ0v) is 8.41. The van der Waals surface area contributed by atoms with Crippen LogP contribution < -0.4 is 10.5 Å². The second-order valence-corrected chi connectivity index (χ2v) is 3.93. The number of ether oxygens (including phenoxy) is 1. The number of hydrogen-bond acceptors (Lipinski definition) is 2. The largest absolute Gasteiger partial charge is 0.494 e. The summed E-state index contributed by atoms with van der Waals surface area (Å²) in [7, 11) is 0. The lowest BCUT2D eigenvalue weighted by Crippen LogP contribution is -1.99. The molecule has 0 amide bonds. The monoisotopic (exact) mass is 191 g/mol. The first-order valence-corrected chi connectivity index (χ1v) is 5.30. The van der Waals surface area contributed by atoms with Gasteiger partial charge in [0.05, 0.1) is 6.61 Å². The molecule has 0 atom stereocenters. The Labute approximate surface area is 85.1 Å². The summed E-state index contributed by atoms with van der Waals surface area (Å²) in [6, 6.07) is 8.03. The summed E-state index contributed by atoms with van der Waals surface area (Å²) in [6.07, 6.45) is 4.00. The van der Waals surface area contributed by atoms with Gasteiger partial charge in [0.15, 0.2) is 0 Å². The molecule has 0 unspecified atom stereocenters. The average molecular weight is 191 g/mol. The van der Waals surface area contributed by atoms with Crippen LogP contribution in [0.15, 0.2) is 24.3 Å². The molecule has 2 nitrogen and oxygen atoms in total. The fourth-order valence-corrected chi connectivity index (χ4v) is 1.47. The standard InChI is InChI=1S/C12H17NO/c13-9-11-3-5-12(6-4-11)14-8-7-10-1-2-10/h3-6,10H,1-2,7-9,13H2. The normalized spacial score (nSPS) is 15.5. The van der Waals surface area contributed by atoms with Crippen LogP contribution in [0.1, 0.15) is 24.8 Å². The summed E-state index contributed by atoms with van der Waals surface area (Å²) < 4.78 is 5.62. The molecular formula is C12H17NO. The number of benzene rings is 1. The van der Waals surface area contributed by atoms with Crippen molar-refractivity contribution in [2.24, 2.45) is 11.7 Å². The van der Waals surface area contributed by atoms with Crippen LogP contribution >= 0.6 is 0 Å². The molecule has 1 aromatic rings. The van der Waals surface area contributed by atoms with Crippen LogP contribution in [-0.4, -0.2) is 6.61 Å². The third kappa shape index (κ3) is 2.74. The Morgan fingerprint density at radius 1 is 1.21 bits per heavy atom. The highest BCUT2D eigenvalue weighted by Crippen LogP contribution is 2.32. The maximum atomic E-state index is 5.62. The van der Waals surface area contributed by atoms with E-state index in [0.717, 1.165) is 23.8 Å². The van der Waals surface area contributed by atoms with Crippen molar-refractivity contribution < 1.29 is 4.74 Å². The summed E-state index contributed by atoms with van der Waals surface area (Å²) in [4.78, 5) is 0. The highest BCUT2D eigenvalue weighted by atomic mass is 16.5. The maximum Gasteiger partial charge on any atom is 0.119 e. The van der Waals surface area contributed by atoms with E-state index < -0.39 is 0 Å². The molecule has 0 heterocycles. The molecule has 2 N–H and O–H groups in total. The van der Waals surface area contributed by atoms with Crippen LogP contribution in [0.25, 0.3) is 0 Å². The maximum absolute atomic E-state index is 5.62. The van der Waals surface area contributed by atoms with Gasteiger partial charge in [-0.25, -0.2) is 0 Å². The molecule has 1 aliphatic carbocycles. The van der Waals surface area contributed by atoms with Crippen LogP contribution in [0, 0.1) is 5.92 Å². The number of hydrogen-bond donors (Lipinski definition) is 1. The van der Waals surface area contributed by atoms with Gasteiger partial charge in [0.1, 0.15) is 5.75 Å². The van der Waals surface area contributed by atoms with Crippen LogP contribution in [-0.2, 0) is 6.54 Å². The second kappa shape index (κ2) is 4.47. The van der Waals surface area contributed by atoms with E-state index in [1.165, 1.54) is 19.3 Å². The molecule has 0 radical (unpaired) electrons. The lowest BCUT2D eigenvalue weighted by atomic mass is 10.2. The van der Waals surface area contributed by atoms with Gasteiger partial charge < -0.3 is 10.5 Å². The van der Waals surface area contributed by atoms with Gasteiger partial charge in [-0.15, -0.1) is 0 Å². The topological polar surface area (TPSA) is 35.2 Å². The minimum Gasteiger partial charge on any atom is -0.494 e. The fraction of sp³-hybridized carbons (Fsp3) is 0.500. The first-order valence-electron chi connectivity index (χ1n) is 5.30. The summed E-state index contributed by atoms with van der Waals surface area (Å²) in [5.41, 5.74) is 6.66. The Kier molecular flexibility index (Phi) is 3.04. The molecular weight excluding hydrogens is 174 g/mol. The van der Waals surface area contributed by atoms with Crippen LogP contribution in [0.5, 0.6) is 5.75 Å². The van der Waals surface area contributed by atoms with Gasteiger partial charge in [-0.05, 0) is 30.0 Å². The zero-order valence-electron chi connectivity index (χ0n) is 8.41. The second-order valence-electron chi connectivity index (χ2n) is 3.93. The van der Waals surface area contributed by atoms with Gasteiger partial charge in [-0.3, -0.25) is 0 Å². The molecule has 0 aromatic heterocycles. The van der Waals surface area contributed by atoms with Crippen molar-refractivity contribution >= 4 is 0 Å². The third-order valence-corrected chi connectivity index (χ3v) is 2.65. The van der Waals surface area contributed by atoms with Crippen molar-refractivity contribution in [3.8, 4) is 5.75 Å². The molecule has 0 saturated heterocycles. The lowest BCUT2D eigenvalue weighted by Gasteiger charge is -2.05. The Morgan fingerprint density at radius 3 is 2.50 bits per heavy atom. The zero-order chi connectivity index (χ0) is 9.80. The minimum atomic E-state index is 0.600. The molecule has 1 fully saturated rings. The first-order chi connectivity index (χ1) is 6.88. The molecule has 76 valence electrons. The van der Waals surface area contributed by atoms with Gasteiger partial charge >= 0.3 is 0 Å². The van der Waals surface area contributed by atoms with E-state index in [1.807, 2.05) is 24.3 Å². The molecule has 2 rings (SSSR count). The smallest absolute Gasteiger partial charge is 0.119 e. The van der Waals surface area contributed by atoms with E-state index in [-0.39, 0.29) is 0 Å². The molecule has 0 spiro atoms. The van der Waals surface area contributed by atoms with E-state index >= 15 is 0 Å². The van der Waals surface area contributed by atoms with Gasteiger partial charge in [-0.2, -0.15) is 0 Å².